The number of rotatable bonds is 5. The van der Waals surface area contributed by atoms with E-state index in [2.05, 4.69) is 17.5 Å². The molecule has 1 aromatic carbocycles. The van der Waals surface area contributed by atoms with E-state index in [1.807, 2.05) is 48.2 Å². The van der Waals surface area contributed by atoms with Crippen molar-refractivity contribution in [2.24, 2.45) is 5.92 Å². The molecule has 128 valence electrons. The van der Waals surface area contributed by atoms with Gasteiger partial charge in [-0.25, -0.2) is 0 Å². The molecule has 0 spiro atoms. The molecule has 0 aromatic heterocycles. The van der Waals surface area contributed by atoms with Crippen molar-refractivity contribution in [2.75, 3.05) is 25.5 Å². The Morgan fingerprint density at radius 3 is 2.50 bits per heavy atom. The van der Waals surface area contributed by atoms with Crippen molar-refractivity contribution >= 4 is 17.5 Å². The molecule has 0 radical (unpaired) electrons. The lowest BCUT2D eigenvalue weighted by molar-refractivity contribution is -0.145. The summed E-state index contributed by atoms with van der Waals surface area (Å²) in [5, 5.41) is 3.10. The highest BCUT2D eigenvalue weighted by Crippen LogP contribution is 2.27. The van der Waals surface area contributed by atoms with Gasteiger partial charge >= 0.3 is 0 Å². The third-order valence-corrected chi connectivity index (χ3v) is 4.90. The fourth-order valence-corrected chi connectivity index (χ4v) is 3.31. The average molecular weight is 327 g/mol. The number of nitrogens with zero attached hydrogens (tertiary/aromatic N) is 2. The first-order valence-corrected chi connectivity index (χ1v) is 8.59. The van der Waals surface area contributed by atoms with Gasteiger partial charge < -0.3 is 15.1 Å². The van der Waals surface area contributed by atoms with Crippen molar-refractivity contribution in [3.63, 3.8) is 0 Å². The van der Waals surface area contributed by atoms with Gasteiger partial charge in [-0.1, -0.05) is 12.2 Å². The maximum absolute atomic E-state index is 12.6. The van der Waals surface area contributed by atoms with Gasteiger partial charge in [0, 0.05) is 44.2 Å². The minimum atomic E-state index is -0.197. The summed E-state index contributed by atoms with van der Waals surface area (Å²) in [4.78, 5) is 28.4. The van der Waals surface area contributed by atoms with E-state index < -0.39 is 0 Å². The second-order valence-corrected chi connectivity index (χ2v) is 6.74. The second kappa shape index (κ2) is 7.07. The number of likely N-dealkylation sites (tertiary alicyclic amines) is 1. The number of β-lactam (4-membered cyclic amide) rings is 1. The zero-order valence-corrected chi connectivity index (χ0v) is 14.4. The summed E-state index contributed by atoms with van der Waals surface area (Å²) in [5.74, 6) is 0.321. The van der Waals surface area contributed by atoms with Crippen LogP contribution in [0.4, 0.5) is 5.69 Å². The Morgan fingerprint density at radius 1 is 1.25 bits per heavy atom. The molecule has 1 N–H and O–H groups in total. The first-order chi connectivity index (χ1) is 11.6. The molecule has 1 saturated heterocycles. The number of allylic oxidation sites excluding steroid dienone is 2. The maximum Gasteiger partial charge on any atom is 0.252 e. The van der Waals surface area contributed by atoms with Crippen molar-refractivity contribution in [1.82, 2.24) is 10.2 Å². The normalized spacial score (nSPS) is 21.2. The highest BCUT2D eigenvalue weighted by atomic mass is 16.2. The van der Waals surface area contributed by atoms with E-state index in [0.717, 1.165) is 31.5 Å². The van der Waals surface area contributed by atoms with Gasteiger partial charge in [0.05, 0.1) is 0 Å². The first kappa shape index (κ1) is 16.6. The summed E-state index contributed by atoms with van der Waals surface area (Å²) >= 11 is 0. The molecule has 24 heavy (non-hydrogen) atoms. The molecule has 3 rings (SSSR count). The second-order valence-electron chi connectivity index (χ2n) is 6.74. The standard InChI is InChI=1S/C19H25N3O2/c1-21(2)16-10-8-15(9-11-16)19(24)20-18(22-13-12-17(22)23)14-6-4-3-5-7-14/h3-4,8-11,14,18H,5-7,12-13H2,1-2H3,(H,20,24)/t14-,18+/m0/s1. The van der Waals surface area contributed by atoms with Gasteiger partial charge in [-0.2, -0.15) is 0 Å². The Morgan fingerprint density at radius 2 is 2.00 bits per heavy atom. The summed E-state index contributed by atoms with van der Waals surface area (Å²) < 4.78 is 0. The Bertz CT molecular complexity index is 637. The van der Waals surface area contributed by atoms with Crippen LogP contribution in [0.2, 0.25) is 0 Å². The topological polar surface area (TPSA) is 52.7 Å². The zero-order valence-electron chi connectivity index (χ0n) is 14.4. The molecule has 1 aliphatic heterocycles. The van der Waals surface area contributed by atoms with E-state index in [0.29, 0.717) is 17.9 Å². The van der Waals surface area contributed by atoms with Crippen LogP contribution in [0.1, 0.15) is 36.0 Å². The van der Waals surface area contributed by atoms with Crippen LogP contribution in [0.15, 0.2) is 36.4 Å². The van der Waals surface area contributed by atoms with E-state index in [4.69, 9.17) is 0 Å². The molecule has 1 heterocycles. The molecule has 2 amide bonds. The van der Waals surface area contributed by atoms with Crippen molar-refractivity contribution < 1.29 is 9.59 Å². The molecule has 5 nitrogen and oxygen atoms in total. The Balaban J connectivity index is 1.72. The van der Waals surface area contributed by atoms with Crippen LogP contribution in [0.3, 0.4) is 0 Å². The van der Waals surface area contributed by atoms with Crippen LogP contribution in [0.25, 0.3) is 0 Å². The summed E-state index contributed by atoms with van der Waals surface area (Å²) in [7, 11) is 3.94. The monoisotopic (exact) mass is 327 g/mol. The van der Waals surface area contributed by atoms with Crippen molar-refractivity contribution in [3.05, 3.63) is 42.0 Å². The van der Waals surface area contributed by atoms with Crippen molar-refractivity contribution in [3.8, 4) is 0 Å². The number of carbonyl (C=O) groups excluding carboxylic acids is 2. The minimum absolute atomic E-state index is 0.112. The van der Waals surface area contributed by atoms with E-state index >= 15 is 0 Å². The van der Waals surface area contributed by atoms with E-state index in [1.54, 1.807) is 0 Å². The van der Waals surface area contributed by atoms with Crippen LogP contribution in [0.5, 0.6) is 0 Å². The SMILES string of the molecule is CN(C)c1ccc(C(=O)N[C@@H]([C@H]2CC=CCC2)N2CCC2=O)cc1. The third kappa shape index (κ3) is 3.45. The van der Waals surface area contributed by atoms with Gasteiger partial charge in [-0.3, -0.25) is 9.59 Å². The molecule has 1 aromatic rings. The molecule has 5 heteroatoms. The predicted molar refractivity (Wildman–Crippen MR) is 94.8 cm³/mol. The average Bonchev–Trinajstić information content (AvgIpc) is 2.60. The largest absolute Gasteiger partial charge is 0.378 e. The third-order valence-electron chi connectivity index (χ3n) is 4.90. The maximum atomic E-state index is 12.6. The first-order valence-electron chi connectivity index (χ1n) is 8.59. The Hall–Kier alpha value is -2.30. The molecular weight excluding hydrogens is 302 g/mol. The van der Waals surface area contributed by atoms with Gasteiger partial charge in [0.1, 0.15) is 6.17 Å². The summed E-state index contributed by atoms with van der Waals surface area (Å²) in [6.07, 6.45) is 7.65. The van der Waals surface area contributed by atoms with E-state index in [1.165, 1.54) is 0 Å². The fourth-order valence-electron chi connectivity index (χ4n) is 3.31. The highest BCUT2D eigenvalue weighted by Gasteiger charge is 2.36. The van der Waals surface area contributed by atoms with Crippen LogP contribution < -0.4 is 10.2 Å². The van der Waals surface area contributed by atoms with Crippen molar-refractivity contribution in [1.29, 1.82) is 0 Å². The number of anilines is 1. The van der Waals surface area contributed by atoms with Gasteiger partial charge in [0.15, 0.2) is 0 Å². The van der Waals surface area contributed by atoms with Crippen LogP contribution in [-0.4, -0.2) is 43.5 Å². The highest BCUT2D eigenvalue weighted by molar-refractivity contribution is 5.95. The van der Waals surface area contributed by atoms with Gasteiger partial charge in [0.25, 0.3) is 5.91 Å². The molecular formula is C19H25N3O2. The quantitative estimate of drug-likeness (QED) is 0.667. The number of hydrogen-bond acceptors (Lipinski definition) is 3. The molecule has 2 atom stereocenters. The summed E-state index contributed by atoms with van der Waals surface area (Å²) in [5.41, 5.74) is 1.68. The molecule has 1 aliphatic carbocycles. The van der Waals surface area contributed by atoms with Gasteiger partial charge in [-0.05, 0) is 43.5 Å². The molecule has 0 bridgehead atoms. The van der Waals surface area contributed by atoms with E-state index in [-0.39, 0.29) is 18.0 Å². The number of benzene rings is 1. The molecule has 1 fully saturated rings. The zero-order chi connectivity index (χ0) is 17.1. The predicted octanol–water partition coefficient (Wildman–Crippen LogP) is 2.40. The van der Waals surface area contributed by atoms with Crippen LogP contribution in [0, 0.1) is 5.92 Å². The van der Waals surface area contributed by atoms with Crippen LogP contribution >= 0.6 is 0 Å². The summed E-state index contributed by atoms with van der Waals surface area (Å²) in [6.45, 7) is 0.740. The van der Waals surface area contributed by atoms with Crippen LogP contribution in [-0.2, 0) is 4.79 Å². The van der Waals surface area contributed by atoms with Gasteiger partial charge in [0.2, 0.25) is 5.91 Å². The number of hydrogen-bond donors (Lipinski definition) is 1. The molecule has 2 aliphatic rings. The van der Waals surface area contributed by atoms with Crippen molar-refractivity contribution in [2.45, 2.75) is 31.8 Å². The lowest BCUT2D eigenvalue weighted by atomic mass is 9.89. The molecule has 0 unspecified atom stereocenters. The number of nitrogens with one attached hydrogen (secondary N) is 1. The lowest BCUT2D eigenvalue weighted by Crippen LogP contribution is -2.60. The lowest BCUT2D eigenvalue weighted by Gasteiger charge is -2.42. The van der Waals surface area contributed by atoms with E-state index in [9.17, 15) is 9.59 Å². The number of carbonyl (C=O) groups is 2. The Kier molecular flexibility index (Phi) is 4.88. The number of amides is 2. The van der Waals surface area contributed by atoms with Gasteiger partial charge in [-0.15, -0.1) is 0 Å². The smallest absolute Gasteiger partial charge is 0.252 e. The molecule has 0 saturated carbocycles. The minimum Gasteiger partial charge on any atom is -0.378 e. The Labute approximate surface area is 143 Å². The fraction of sp³-hybridized carbons (Fsp3) is 0.474. The summed E-state index contributed by atoms with van der Waals surface area (Å²) in [6, 6.07) is 7.53.